The van der Waals surface area contributed by atoms with E-state index >= 15 is 0 Å². The maximum atomic E-state index is 12.0. The van der Waals surface area contributed by atoms with E-state index in [2.05, 4.69) is 30.2 Å². The van der Waals surface area contributed by atoms with Crippen LogP contribution in [0.1, 0.15) is 34.4 Å². The van der Waals surface area contributed by atoms with Gasteiger partial charge in [-0.15, -0.1) is 0 Å². The van der Waals surface area contributed by atoms with Crippen LogP contribution in [-0.2, 0) is 13.0 Å². The van der Waals surface area contributed by atoms with Gasteiger partial charge in [0.15, 0.2) is 6.19 Å². The molecule has 4 rings (SSSR count). The molecule has 0 unspecified atom stereocenters. The summed E-state index contributed by atoms with van der Waals surface area (Å²) in [6.07, 6.45) is 4.19. The number of aromatic nitrogens is 4. The number of nitrogens with zero attached hydrogens (tertiary/aromatic N) is 6. The minimum absolute atomic E-state index is 0.131. The second-order valence-corrected chi connectivity index (χ2v) is 7.56. The Balaban J connectivity index is 1.40. The van der Waals surface area contributed by atoms with E-state index in [4.69, 9.17) is 5.26 Å². The minimum Gasteiger partial charge on any atom is -0.368 e. The summed E-state index contributed by atoms with van der Waals surface area (Å²) in [5.74, 6) is -0.496. The highest BCUT2D eigenvalue weighted by Gasteiger charge is 2.20. The topological polar surface area (TPSA) is 122 Å². The van der Waals surface area contributed by atoms with Gasteiger partial charge in [-0.1, -0.05) is 6.92 Å². The van der Waals surface area contributed by atoms with Gasteiger partial charge in [-0.3, -0.25) is 19.8 Å². The molecule has 1 amide bonds. The Hall–Kier alpha value is -3.71. The molecule has 0 atom stereocenters. The third kappa shape index (κ3) is 4.27. The number of pyridine rings is 1. The first-order valence-electron chi connectivity index (χ1n) is 10.2. The molecule has 2 N–H and O–H groups in total. The summed E-state index contributed by atoms with van der Waals surface area (Å²) in [7, 11) is 0. The second-order valence-electron chi connectivity index (χ2n) is 7.56. The van der Waals surface area contributed by atoms with Crippen molar-refractivity contribution in [1.29, 1.82) is 5.26 Å². The number of hydrogen-bond donors (Lipinski definition) is 2. The molecule has 3 aromatic rings. The zero-order valence-corrected chi connectivity index (χ0v) is 17.6. The molecule has 4 heterocycles. The zero-order chi connectivity index (χ0) is 22.0. The fraction of sp³-hybridized carbons (Fsp3) is 0.381. The SMILES string of the molecule is CCc1nn2cc(CN3CCN(c4ccc(C(=O)NC#N)nc4C)CC3)cc2[nH]c1=O. The summed E-state index contributed by atoms with van der Waals surface area (Å²) in [6, 6.07) is 5.50. The fourth-order valence-corrected chi connectivity index (χ4v) is 3.90. The normalized spacial score (nSPS) is 14.5. The van der Waals surface area contributed by atoms with E-state index in [0.29, 0.717) is 17.8 Å². The lowest BCUT2D eigenvalue weighted by molar-refractivity contribution is 0.0968. The van der Waals surface area contributed by atoms with Crippen molar-refractivity contribution in [3.8, 4) is 6.19 Å². The van der Waals surface area contributed by atoms with E-state index in [-0.39, 0.29) is 11.3 Å². The van der Waals surface area contributed by atoms with Gasteiger partial charge in [0.1, 0.15) is 17.0 Å². The number of H-pyrrole nitrogens is 1. The van der Waals surface area contributed by atoms with Crippen molar-refractivity contribution in [2.45, 2.75) is 26.8 Å². The zero-order valence-electron chi connectivity index (χ0n) is 17.6. The van der Waals surface area contributed by atoms with Crippen molar-refractivity contribution in [2.24, 2.45) is 0 Å². The van der Waals surface area contributed by atoms with Crippen LogP contribution >= 0.6 is 0 Å². The number of rotatable bonds is 5. The molecule has 0 radical (unpaired) electrons. The van der Waals surface area contributed by atoms with Crippen LogP contribution in [0.2, 0.25) is 0 Å². The highest BCUT2D eigenvalue weighted by Crippen LogP contribution is 2.21. The fourth-order valence-electron chi connectivity index (χ4n) is 3.90. The summed E-state index contributed by atoms with van der Waals surface area (Å²) < 4.78 is 1.74. The number of aryl methyl sites for hydroxylation is 2. The highest BCUT2D eigenvalue weighted by atomic mass is 16.1. The molecule has 0 aromatic carbocycles. The van der Waals surface area contributed by atoms with Crippen molar-refractivity contribution in [2.75, 3.05) is 31.1 Å². The van der Waals surface area contributed by atoms with Gasteiger partial charge in [-0.2, -0.15) is 10.4 Å². The Kier molecular flexibility index (Phi) is 5.68. The van der Waals surface area contributed by atoms with Gasteiger partial charge in [0.05, 0.1) is 11.4 Å². The van der Waals surface area contributed by atoms with Gasteiger partial charge >= 0.3 is 0 Å². The number of hydrogen-bond acceptors (Lipinski definition) is 7. The summed E-state index contributed by atoms with van der Waals surface area (Å²) in [5.41, 5.74) is 4.21. The first-order valence-corrected chi connectivity index (χ1v) is 10.2. The summed E-state index contributed by atoms with van der Waals surface area (Å²) >= 11 is 0. The molecule has 10 heteroatoms. The number of aromatic amines is 1. The highest BCUT2D eigenvalue weighted by molar-refractivity contribution is 5.93. The van der Waals surface area contributed by atoms with E-state index in [1.165, 1.54) is 0 Å². The van der Waals surface area contributed by atoms with Gasteiger partial charge < -0.3 is 9.88 Å². The monoisotopic (exact) mass is 420 g/mol. The molecule has 1 fully saturated rings. The molecule has 10 nitrogen and oxygen atoms in total. The summed E-state index contributed by atoms with van der Waals surface area (Å²) in [6.45, 7) is 8.02. The molecule has 1 aliphatic heterocycles. The quantitative estimate of drug-likeness (QED) is 0.463. The molecular formula is C21H24N8O2. The Morgan fingerprint density at radius 2 is 2.06 bits per heavy atom. The first-order chi connectivity index (χ1) is 15.0. The number of carbonyl (C=O) groups excluding carboxylic acids is 1. The Morgan fingerprint density at radius 3 is 2.74 bits per heavy atom. The predicted octanol–water partition coefficient (Wildman–Crippen LogP) is 0.821. The van der Waals surface area contributed by atoms with E-state index in [1.54, 1.807) is 16.8 Å². The number of piperazine rings is 1. The van der Waals surface area contributed by atoms with Crippen LogP contribution in [0.5, 0.6) is 0 Å². The maximum Gasteiger partial charge on any atom is 0.282 e. The third-order valence-corrected chi connectivity index (χ3v) is 5.50. The van der Waals surface area contributed by atoms with E-state index in [9.17, 15) is 9.59 Å². The lowest BCUT2D eigenvalue weighted by atomic mass is 10.2. The second kappa shape index (κ2) is 8.57. The molecule has 0 saturated carbocycles. The van der Waals surface area contributed by atoms with Crippen molar-refractivity contribution in [3.05, 3.63) is 57.4 Å². The van der Waals surface area contributed by atoms with Crippen LogP contribution in [0.25, 0.3) is 5.65 Å². The van der Waals surface area contributed by atoms with Gasteiger partial charge in [-0.05, 0) is 37.1 Å². The number of nitrogens with one attached hydrogen (secondary N) is 2. The Labute approximate surface area is 179 Å². The van der Waals surface area contributed by atoms with Crippen LogP contribution in [0, 0.1) is 18.4 Å². The van der Waals surface area contributed by atoms with Crippen molar-refractivity contribution in [1.82, 2.24) is 29.8 Å². The molecule has 0 bridgehead atoms. The van der Waals surface area contributed by atoms with Gasteiger partial charge in [-0.25, -0.2) is 9.50 Å². The van der Waals surface area contributed by atoms with Gasteiger partial charge in [0, 0.05) is 38.9 Å². The molecule has 1 aliphatic rings. The number of anilines is 1. The van der Waals surface area contributed by atoms with Crippen LogP contribution in [-0.4, -0.2) is 56.6 Å². The van der Waals surface area contributed by atoms with E-state index < -0.39 is 5.91 Å². The maximum absolute atomic E-state index is 12.0. The van der Waals surface area contributed by atoms with Crippen molar-refractivity contribution < 1.29 is 4.79 Å². The third-order valence-electron chi connectivity index (χ3n) is 5.50. The number of carbonyl (C=O) groups is 1. The summed E-state index contributed by atoms with van der Waals surface area (Å²) in [4.78, 5) is 35.6. The standard InChI is InChI=1S/C21H24N8O2/c1-3-16-21(31)25-19-10-15(12-29(19)26-16)11-27-6-8-28(9-7-27)18-5-4-17(24-14(18)2)20(30)23-13-22/h4-5,10,12H,3,6-9,11H2,1-2H3,(H,23,30)(H,25,31). The number of nitriles is 1. The van der Waals surface area contributed by atoms with Gasteiger partial charge in [0.2, 0.25) is 0 Å². The molecule has 3 aromatic heterocycles. The Morgan fingerprint density at radius 1 is 1.29 bits per heavy atom. The largest absolute Gasteiger partial charge is 0.368 e. The van der Waals surface area contributed by atoms with Crippen molar-refractivity contribution in [3.63, 3.8) is 0 Å². The van der Waals surface area contributed by atoms with E-state index in [0.717, 1.165) is 49.7 Å². The molecule has 0 spiro atoms. The van der Waals surface area contributed by atoms with Crippen molar-refractivity contribution >= 4 is 17.2 Å². The summed E-state index contributed by atoms with van der Waals surface area (Å²) in [5, 5.41) is 15.1. The minimum atomic E-state index is -0.496. The first kappa shape index (κ1) is 20.6. The molecule has 160 valence electrons. The molecule has 1 saturated heterocycles. The van der Waals surface area contributed by atoms with Crippen LogP contribution < -0.4 is 15.8 Å². The molecular weight excluding hydrogens is 396 g/mol. The average molecular weight is 420 g/mol. The lowest BCUT2D eigenvalue weighted by Crippen LogP contribution is -2.46. The van der Waals surface area contributed by atoms with Crippen LogP contribution in [0.4, 0.5) is 5.69 Å². The number of fused-ring (bicyclic) bond motifs is 1. The number of amides is 1. The van der Waals surface area contributed by atoms with E-state index in [1.807, 2.05) is 32.2 Å². The predicted molar refractivity (Wildman–Crippen MR) is 115 cm³/mol. The smallest absolute Gasteiger partial charge is 0.282 e. The van der Waals surface area contributed by atoms with Crippen LogP contribution in [0.15, 0.2) is 29.2 Å². The Bertz CT molecular complexity index is 1210. The van der Waals surface area contributed by atoms with Crippen LogP contribution in [0.3, 0.4) is 0 Å². The molecule has 0 aliphatic carbocycles. The average Bonchev–Trinajstić information content (AvgIpc) is 3.14. The van der Waals surface area contributed by atoms with Gasteiger partial charge in [0.25, 0.3) is 11.5 Å². The molecule has 31 heavy (non-hydrogen) atoms. The lowest BCUT2D eigenvalue weighted by Gasteiger charge is -2.36.